The molecule has 2 fully saturated rings. The van der Waals surface area contributed by atoms with Crippen LogP contribution in [-0.2, 0) is 16.1 Å². The molecule has 3 rings (SSSR count). The highest BCUT2D eigenvalue weighted by atomic mass is 16.5. The van der Waals surface area contributed by atoms with Gasteiger partial charge in [0.15, 0.2) is 5.82 Å². The second-order valence-electron chi connectivity index (χ2n) is 5.94. The van der Waals surface area contributed by atoms with Gasteiger partial charge >= 0.3 is 0 Å². The Labute approximate surface area is 126 Å². The van der Waals surface area contributed by atoms with E-state index in [1.54, 1.807) is 7.11 Å². The maximum absolute atomic E-state index is 5.95. The van der Waals surface area contributed by atoms with Gasteiger partial charge in [-0.3, -0.25) is 0 Å². The van der Waals surface area contributed by atoms with Crippen molar-refractivity contribution in [1.29, 1.82) is 0 Å². The predicted octanol–water partition coefficient (Wildman–Crippen LogP) is 0.841. The molecule has 0 spiro atoms. The molecule has 1 aromatic rings. The summed E-state index contributed by atoms with van der Waals surface area (Å²) in [6.07, 6.45) is 1.41. The largest absolute Gasteiger partial charge is 0.377 e. The normalized spacial score (nSPS) is 26.7. The van der Waals surface area contributed by atoms with Gasteiger partial charge in [-0.25, -0.2) is 9.97 Å². The summed E-state index contributed by atoms with van der Waals surface area (Å²) in [6.45, 7) is 6.24. The van der Waals surface area contributed by atoms with E-state index in [4.69, 9.17) is 9.47 Å². The SMILES string of the molecule is COCc1nc(C)cc(N2CCOC3CCN(C)CC32)n1. The van der Waals surface area contributed by atoms with E-state index in [-0.39, 0.29) is 0 Å². The maximum Gasteiger partial charge on any atom is 0.156 e. The molecule has 2 unspecified atom stereocenters. The number of hydrogen-bond acceptors (Lipinski definition) is 6. The van der Waals surface area contributed by atoms with Gasteiger partial charge < -0.3 is 19.3 Å². The van der Waals surface area contributed by atoms with Gasteiger partial charge in [0.2, 0.25) is 0 Å². The fourth-order valence-electron chi connectivity index (χ4n) is 3.27. The number of ether oxygens (including phenoxy) is 2. The average molecular weight is 292 g/mol. The van der Waals surface area contributed by atoms with Gasteiger partial charge in [-0.15, -0.1) is 0 Å². The Bertz CT molecular complexity index is 497. The monoisotopic (exact) mass is 292 g/mol. The van der Waals surface area contributed by atoms with Gasteiger partial charge in [-0.05, 0) is 20.4 Å². The zero-order chi connectivity index (χ0) is 14.8. The van der Waals surface area contributed by atoms with Crippen molar-refractivity contribution >= 4 is 5.82 Å². The molecule has 2 atom stereocenters. The van der Waals surface area contributed by atoms with Crippen molar-refractivity contribution < 1.29 is 9.47 Å². The van der Waals surface area contributed by atoms with Crippen LogP contribution >= 0.6 is 0 Å². The standard InChI is InChI=1S/C15H24N4O2/c1-11-8-15(17-14(16-11)10-20-3)19-6-7-21-13-4-5-18(2)9-12(13)19/h8,12-13H,4-7,9-10H2,1-3H3. The quantitative estimate of drug-likeness (QED) is 0.823. The first kappa shape index (κ1) is 14.7. The highest BCUT2D eigenvalue weighted by Gasteiger charge is 2.36. The third kappa shape index (κ3) is 3.17. The molecule has 2 aliphatic heterocycles. The molecule has 116 valence electrons. The van der Waals surface area contributed by atoms with Crippen molar-refractivity contribution in [3.8, 4) is 0 Å². The van der Waals surface area contributed by atoms with E-state index in [1.807, 2.05) is 6.92 Å². The molecule has 6 nitrogen and oxygen atoms in total. The third-order valence-electron chi connectivity index (χ3n) is 4.24. The minimum Gasteiger partial charge on any atom is -0.377 e. The molecule has 2 aliphatic rings. The van der Waals surface area contributed by atoms with Crippen molar-refractivity contribution in [2.75, 3.05) is 45.3 Å². The van der Waals surface area contributed by atoms with Gasteiger partial charge in [0.25, 0.3) is 0 Å². The lowest BCUT2D eigenvalue weighted by atomic mass is 9.99. The van der Waals surface area contributed by atoms with Crippen LogP contribution in [0.2, 0.25) is 0 Å². The highest BCUT2D eigenvalue weighted by molar-refractivity contribution is 5.42. The van der Waals surface area contributed by atoms with E-state index in [2.05, 4.69) is 32.9 Å². The zero-order valence-corrected chi connectivity index (χ0v) is 13.1. The average Bonchev–Trinajstić information content (AvgIpc) is 2.46. The van der Waals surface area contributed by atoms with Gasteiger partial charge in [0.1, 0.15) is 12.4 Å². The highest BCUT2D eigenvalue weighted by Crippen LogP contribution is 2.26. The van der Waals surface area contributed by atoms with E-state index in [1.165, 1.54) is 0 Å². The maximum atomic E-state index is 5.95. The Kier molecular flexibility index (Phi) is 4.37. The molecule has 21 heavy (non-hydrogen) atoms. The molecule has 0 aromatic carbocycles. The summed E-state index contributed by atoms with van der Waals surface area (Å²) in [5.74, 6) is 1.75. The summed E-state index contributed by atoms with van der Waals surface area (Å²) in [5.41, 5.74) is 0.985. The first-order valence-electron chi connectivity index (χ1n) is 7.57. The molecule has 0 bridgehead atoms. The van der Waals surface area contributed by atoms with Gasteiger partial charge in [0, 0.05) is 38.5 Å². The number of methoxy groups -OCH3 is 1. The van der Waals surface area contributed by atoms with E-state index in [0.29, 0.717) is 18.8 Å². The summed E-state index contributed by atoms with van der Waals surface area (Å²) in [7, 11) is 3.84. The zero-order valence-electron chi connectivity index (χ0n) is 13.1. The lowest BCUT2D eigenvalue weighted by Gasteiger charge is -2.46. The molecular formula is C15H24N4O2. The topological polar surface area (TPSA) is 50.7 Å². The number of aryl methyl sites for hydroxylation is 1. The smallest absolute Gasteiger partial charge is 0.156 e. The van der Waals surface area contributed by atoms with Crippen molar-refractivity contribution in [1.82, 2.24) is 14.9 Å². The van der Waals surface area contributed by atoms with E-state index >= 15 is 0 Å². The fourth-order valence-corrected chi connectivity index (χ4v) is 3.27. The van der Waals surface area contributed by atoms with Gasteiger partial charge in [-0.1, -0.05) is 0 Å². The molecule has 2 saturated heterocycles. The molecule has 6 heteroatoms. The summed E-state index contributed by atoms with van der Waals surface area (Å²) < 4.78 is 11.1. The molecule has 0 saturated carbocycles. The molecule has 1 aromatic heterocycles. The molecule has 0 aliphatic carbocycles. The van der Waals surface area contributed by atoms with Crippen LogP contribution in [-0.4, -0.2) is 67.4 Å². The summed E-state index contributed by atoms with van der Waals surface area (Å²) in [5, 5.41) is 0. The lowest BCUT2D eigenvalue weighted by molar-refractivity contribution is -0.0246. The second kappa shape index (κ2) is 6.25. The first-order valence-corrected chi connectivity index (χ1v) is 7.57. The number of fused-ring (bicyclic) bond motifs is 1. The number of aromatic nitrogens is 2. The Balaban J connectivity index is 1.87. The number of morpholine rings is 1. The minimum atomic E-state index is 0.316. The Morgan fingerprint density at radius 2 is 2.24 bits per heavy atom. The van der Waals surface area contributed by atoms with Crippen LogP contribution in [0.15, 0.2) is 6.07 Å². The van der Waals surface area contributed by atoms with Crippen LogP contribution in [0.4, 0.5) is 5.82 Å². The van der Waals surface area contributed by atoms with Crippen molar-refractivity contribution in [2.24, 2.45) is 0 Å². The van der Waals surface area contributed by atoms with Crippen LogP contribution in [0.1, 0.15) is 17.9 Å². The number of likely N-dealkylation sites (N-methyl/N-ethyl adjacent to an activating group) is 1. The van der Waals surface area contributed by atoms with Crippen LogP contribution < -0.4 is 4.90 Å². The summed E-state index contributed by atoms with van der Waals surface area (Å²) in [6, 6.07) is 2.44. The number of anilines is 1. The summed E-state index contributed by atoms with van der Waals surface area (Å²) in [4.78, 5) is 13.9. The number of rotatable bonds is 3. The van der Waals surface area contributed by atoms with Gasteiger partial charge in [-0.2, -0.15) is 0 Å². The number of piperidine rings is 1. The van der Waals surface area contributed by atoms with Gasteiger partial charge in [0.05, 0.1) is 18.8 Å². The Morgan fingerprint density at radius 1 is 1.38 bits per heavy atom. The Morgan fingerprint density at radius 3 is 3.05 bits per heavy atom. The van der Waals surface area contributed by atoms with Crippen molar-refractivity contribution in [3.63, 3.8) is 0 Å². The van der Waals surface area contributed by atoms with E-state index in [0.717, 1.165) is 50.0 Å². The lowest BCUT2D eigenvalue weighted by Crippen LogP contribution is -2.59. The first-order chi connectivity index (χ1) is 10.2. The fraction of sp³-hybridized carbons (Fsp3) is 0.733. The van der Waals surface area contributed by atoms with E-state index in [9.17, 15) is 0 Å². The van der Waals surface area contributed by atoms with Crippen LogP contribution in [0.3, 0.4) is 0 Å². The summed E-state index contributed by atoms with van der Waals surface area (Å²) >= 11 is 0. The van der Waals surface area contributed by atoms with Crippen molar-refractivity contribution in [2.45, 2.75) is 32.1 Å². The Hall–Kier alpha value is -1.24. The second-order valence-corrected chi connectivity index (χ2v) is 5.94. The number of hydrogen-bond donors (Lipinski definition) is 0. The predicted molar refractivity (Wildman–Crippen MR) is 80.5 cm³/mol. The molecule has 0 N–H and O–H groups in total. The molecular weight excluding hydrogens is 268 g/mol. The van der Waals surface area contributed by atoms with E-state index < -0.39 is 0 Å². The molecule has 0 radical (unpaired) electrons. The molecule has 0 amide bonds. The number of likely N-dealkylation sites (tertiary alicyclic amines) is 1. The van der Waals surface area contributed by atoms with Crippen molar-refractivity contribution in [3.05, 3.63) is 17.6 Å². The number of nitrogens with zero attached hydrogens (tertiary/aromatic N) is 4. The van der Waals surface area contributed by atoms with Crippen LogP contribution in [0.5, 0.6) is 0 Å². The van der Waals surface area contributed by atoms with Crippen LogP contribution in [0, 0.1) is 6.92 Å². The van der Waals surface area contributed by atoms with Crippen LogP contribution in [0.25, 0.3) is 0 Å². The third-order valence-corrected chi connectivity index (χ3v) is 4.24. The molecule has 3 heterocycles. The minimum absolute atomic E-state index is 0.316.